The second-order valence-corrected chi connectivity index (χ2v) is 8.99. The quantitative estimate of drug-likeness (QED) is 0.370. The number of rotatable bonds is 5. The first-order valence-electron chi connectivity index (χ1n) is 11.2. The minimum absolute atomic E-state index is 0.0264. The van der Waals surface area contributed by atoms with E-state index in [1.165, 1.54) is 31.4 Å². The molecule has 0 fully saturated rings. The molecule has 1 aliphatic heterocycles. The van der Waals surface area contributed by atoms with Crippen LogP contribution in [-0.4, -0.2) is 35.5 Å². The number of hydrogen-bond donors (Lipinski definition) is 2. The molecule has 35 heavy (non-hydrogen) atoms. The largest absolute Gasteiger partial charge is 0.504 e. The Balaban J connectivity index is 0.000000196. The summed E-state index contributed by atoms with van der Waals surface area (Å²) in [7, 11) is 1.49. The average Bonchev–Trinajstić information content (AvgIpc) is 2.78. The number of carboxylic acids is 1. The molecule has 2 N–H and O–H groups in total. The molecular weight excluding hydrogens is 452 g/mol. The maximum atomic E-state index is 11.1. The van der Waals surface area contributed by atoms with Gasteiger partial charge in [0.05, 0.1) is 7.11 Å². The lowest BCUT2D eigenvalue weighted by molar-refractivity contribution is 0.0690. The zero-order valence-electron chi connectivity index (χ0n) is 20.5. The van der Waals surface area contributed by atoms with Gasteiger partial charge in [-0.15, -0.1) is 0 Å². The first-order chi connectivity index (χ1) is 16.5. The molecule has 4 rings (SSSR count). The van der Waals surface area contributed by atoms with Crippen molar-refractivity contribution in [3.05, 3.63) is 69.6 Å². The molecule has 0 spiro atoms. The molecule has 186 valence electrons. The van der Waals surface area contributed by atoms with Crippen LogP contribution in [-0.2, 0) is 6.42 Å². The summed E-state index contributed by atoms with van der Waals surface area (Å²) in [4.78, 5) is 22.2. The van der Waals surface area contributed by atoms with E-state index in [1.807, 2.05) is 33.8 Å². The Bertz CT molecular complexity index is 1310. The molecule has 0 radical (unpaired) electrons. The number of benzene rings is 2. The standard InChI is InChI=1S/C14H14O4.C13H16O4/c1-9(2)5-6-17-13-8-12-10(7-11(13)15)3-4-14(16)18-12;1-13(2)7-6-8-10(17-13)5-4-9(12(14)15)11(8)16-3/h3-5,7-8,15H,6H2,1-2H3;4-5H,6-7H2,1-3H3,(H,14,15). The molecule has 2 heterocycles. The zero-order chi connectivity index (χ0) is 25.8. The predicted octanol–water partition coefficient (Wildman–Crippen LogP) is 5.34. The number of aromatic carboxylic acids is 1. The van der Waals surface area contributed by atoms with Crippen LogP contribution in [0.25, 0.3) is 11.0 Å². The third-order valence-electron chi connectivity index (χ3n) is 5.45. The highest BCUT2D eigenvalue weighted by Crippen LogP contribution is 2.40. The number of aromatic hydroxyl groups is 1. The minimum Gasteiger partial charge on any atom is -0.504 e. The third-order valence-corrected chi connectivity index (χ3v) is 5.45. The van der Waals surface area contributed by atoms with Crippen LogP contribution in [0.2, 0.25) is 0 Å². The van der Waals surface area contributed by atoms with E-state index in [-0.39, 0.29) is 16.9 Å². The Labute approximate surface area is 203 Å². The predicted molar refractivity (Wildman–Crippen MR) is 132 cm³/mol. The van der Waals surface area contributed by atoms with Crippen molar-refractivity contribution in [2.24, 2.45) is 0 Å². The molecule has 8 heteroatoms. The van der Waals surface area contributed by atoms with Gasteiger partial charge in [-0.25, -0.2) is 9.59 Å². The summed E-state index contributed by atoms with van der Waals surface area (Å²) in [6.45, 7) is 8.32. The van der Waals surface area contributed by atoms with Gasteiger partial charge >= 0.3 is 11.6 Å². The van der Waals surface area contributed by atoms with E-state index in [1.54, 1.807) is 12.1 Å². The first kappa shape index (κ1) is 25.7. The van der Waals surface area contributed by atoms with Gasteiger partial charge < -0.3 is 28.8 Å². The molecule has 0 saturated carbocycles. The SMILES string of the molecule is CC(C)=CCOc1cc2oc(=O)ccc2cc1O.COc1c(C(=O)O)ccc2c1CCC(C)(C)O2. The van der Waals surface area contributed by atoms with Crippen LogP contribution in [0.15, 0.2) is 57.3 Å². The number of ether oxygens (including phenoxy) is 3. The number of phenolic OH excluding ortho intramolecular Hbond substituents is 1. The first-order valence-corrected chi connectivity index (χ1v) is 11.2. The zero-order valence-corrected chi connectivity index (χ0v) is 20.5. The molecule has 0 saturated heterocycles. The van der Waals surface area contributed by atoms with Crippen LogP contribution < -0.4 is 19.8 Å². The maximum absolute atomic E-state index is 11.1. The van der Waals surface area contributed by atoms with Gasteiger partial charge in [0.15, 0.2) is 11.5 Å². The van der Waals surface area contributed by atoms with Gasteiger partial charge in [0.1, 0.15) is 34.9 Å². The van der Waals surface area contributed by atoms with E-state index in [0.717, 1.165) is 29.7 Å². The lowest BCUT2D eigenvalue weighted by Gasteiger charge is -2.33. The van der Waals surface area contributed by atoms with Crippen molar-refractivity contribution < 1.29 is 33.6 Å². The van der Waals surface area contributed by atoms with Crippen molar-refractivity contribution in [3.63, 3.8) is 0 Å². The van der Waals surface area contributed by atoms with E-state index >= 15 is 0 Å². The van der Waals surface area contributed by atoms with Crippen LogP contribution in [0.4, 0.5) is 0 Å². The number of carbonyl (C=O) groups is 1. The molecular formula is C27H30O8. The molecule has 3 aromatic rings. The van der Waals surface area contributed by atoms with Crippen LogP contribution in [0.3, 0.4) is 0 Å². The summed E-state index contributed by atoms with van der Waals surface area (Å²) in [5, 5.41) is 19.5. The van der Waals surface area contributed by atoms with E-state index in [0.29, 0.717) is 29.1 Å². The number of hydrogen-bond acceptors (Lipinski definition) is 7. The maximum Gasteiger partial charge on any atom is 0.339 e. The van der Waals surface area contributed by atoms with Gasteiger partial charge in [-0.2, -0.15) is 0 Å². The summed E-state index contributed by atoms with van der Waals surface area (Å²) < 4.78 is 21.5. The van der Waals surface area contributed by atoms with E-state index in [9.17, 15) is 14.7 Å². The van der Waals surface area contributed by atoms with E-state index in [4.69, 9.17) is 23.7 Å². The van der Waals surface area contributed by atoms with E-state index in [2.05, 4.69) is 0 Å². The highest BCUT2D eigenvalue weighted by Gasteiger charge is 2.30. The molecule has 0 unspecified atom stereocenters. The number of phenols is 1. The van der Waals surface area contributed by atoms with Crippen LogP contribution in [0, 0.1) is 0 Å². The molecule has 8 nitrogen and oxygen atoms in total. The third kappa shape index (κ3) is 6.35. The highest BCUT2D eigenvalue weighted by molar-refractivity contribution is 5.92. The molecule has 0 aliphatic carbocycles. The lowest BCUT2D eigenvalue weighted by atomic mass is 9.92. The Morgan fingerprint density at radius 1 is 1.17 bits per heavy atom. The van der Waals surface area contributed by atoms with Crippen LogP contribution in [0.5, 0.6) is 23.0 Å². The second kappa shape index (κ2) is 10.5. The van der Waals surface area contributed by atoms with Crippen molar-refractivity contribution in [1.82, 2.24) is 0 Å². The number of allylic oxidation sites excluding steroid dienone is 1. The Morgan fingerprint density at radius 2 is 1.91 bits per heavy atom. The summed E-state index contributed by atoms with van der Waals surface area (Å²) in [6.07, 6.45) is 3.51. The summed E-state index contributed by atoms with van der Waals surface area (Å²) >= 11 is 0. The fourth-order valence-corrected chi connectivity index (χ4v) is 3.62. The van der Waals surface area contributed by atoms with Gasteiger partial charge in [0, 0.05) is 23.1 Å². The summed E-state index contributed by atoms with van der Waals surface area (Å²) in [5.41, 5.74) is 1.93. The monoisotopic (exact) mass is 482 g/mol. The van der Waals surface area contributed by atoms with E-state index < -0.39 is 11.6 Å². The van der Waals surface area contributed by atoms with Crippen LogP contribution in [0.1, 0.15) is 50.0 Å². The van der Waals surface area contributed by atoms with Gasteiger partial charge in [-0.05, 0) is 70.9 Å². The second-order valence-electron chi connectivity index (χ2n) is 8.99. The lowest BCUT2D eigenvalue weighted by Crippen LogP contribution is -2.32. The molecule has 1 aromatic heterocycles. The Kier molecular flexibility index (Phi) is 7.74. The van der Waals surface area contributed by atoms with Gasteiger partial charge in [-0.1, -0.05) is 5.57 Å². The van der Waals surface area contributed by atoms with Crippen LogP contribution >= 0.6 is 0 Å². The summed E-state index contributed by atoms with van der Waals surface area (Å²) in [5.74, 6) is 0.496. The van der Waals surface area contributed by atoms with Crippen molar-refractivity contribution in [2.45, 2.75) is 46.1 Å². The number of fused-ring (bicyclic) bond motifs is 2. The fourth-order valence-electron chi connectivity index (χ4n) is 3.62. The molecule has 0 bridgehead atoms. The highest BCUT2D eigenvalue weighted by atomic mass is 16.5. The fraction of sp³-hybridized carbons (Fsp3) is 0.333. The Hall–Kier alpha value is -3.94. The summed E-state index contributed by atoms with van der Waals surface area (Å²) in [6, 6.07) is 9.18. The number of methoxy groups -OCH3 is 1. The van der Waals surface area contributed by atoms with Gasteiger partial charge in [-0.3, -0.25) is 0 Å². The molecule has 2 aromatic carbocycles. The van der Waals surface area contributed by atoms with Crippen molar-refractivity contribution in [3.8, 4) is 23.0 Å². The number of carboxylic acid groups (broad SMARTS) is 1. The smallest absolute Gasteiger partial charge is 0.339 e. The van der Waals surface area contributed by atoms with Crippen molar-refractivity contribution >= 4 is 16.9 Å². The topological polar surface area (TPSA) is 115 Å². The Morgan fingerprint density at radius 3 is 2.57 bits per heavy atom. The molecule has 1 aliphatic rings. The van der Waals surface area contributed by atoms with Crippen molar-refractivity contribution in [2.75, 3.05) is 13.7 Å². The average molecular weight is 483 g/mol. The molecule has 0 amide bonds. The van der Waals surface area contributed by atoms with Crippen molar-refractivity contribution in [1.29, 1.82) is 0 Å². The molecule has 0 atom stereocenters. The van der Waals surface area contributed by atoms with Gasteiger partial charge in [0.2, 0.25) is 0 Å². The minimum atomic E-state index is -0.977. The van der Waals surface area contributed by atoms with Gasteiger partial charge in [0.25, 0.3) is 0 Å². The normalized spacial score (nSPS) is 13.5.